The van der Waals surface area contributed by atoms with Crippen LogP contribution in [0, 0.1) is 22.7 Å². The Morgan fingerprint density at radius 2 is 1.76 bits per heavy atom. The Bertz CT molecular complexity index is 629. The lowest BCUT2D eigenvalue weighted by atomic mass is 9.84. The van der Waals surface area contributed by atoms with Gasteiger partial charge in [0.05, 0.1) is 12.1 Å². The van der Waals surface area contributed by atoms with Crippen LogP contribution in [0.1, 0.15) is 15.9 Å². The number of ketones is 1. The van der Waals surface area contributed by atoms with E-state index in [-0.39, 0.29) is 23.4 Å². The smallest absolute Gasteiger partial charge is 0.182 e. The number of benzene rings is 1. The topological polar surface area (TPSA) is 86.6 Å². The number of fused-ring (bicyclic) bond motifs is 2. The van der Waals surface area contributed by atoms with Crippen molar-refractivity contribution in [3.63, 3.8) is 0 Å². The molecule has 4 heteroatoms. The monoisotopic (exact) mass is 221 g/mol. The van der Waals surface area contributed by atoms with Crippen LogP contribution in [-0.4, -0.2) is 17.9 Å². The maximum atomic E-state index is 12.0. The highest BCUT2D eigenvalue weighted by Gasteiger charge is 2.51. The van der Waals surface area contributed by atoms with Gasteiger partial charge in [0.15, 0.2) is 5.78 Å². The van der Waals surface area contributed by atoms with E-state index in [1.54, 1.807) is 24.3 Å². The lowest BCUT2D eigenvalue weighted by Crippen LogP contribution is -2.20. The van der Waals surface area contributed by atoms with Crippen molar-refractivity contribution in [2.24, 2.45) is 0 Å². The zero-order chi connectivity index (χ0) is 12.0. The van der Waals surface area contributed by atoms with E-state index in [0.29, 0.717) is 16.7 Å². The highest BCUT2D eigenvalue weighted by Crippen LogP contribution is 2.39. The highest BCUT2D eigenvalue weighted by molar-refractivity contribution is 6.13. The minimum Gasteiger partial charge on any atom is -0.297 e. The molecule has 1 aliphatic heterocycles. The summed E-state index contributed by atoms with van der Waals surface area (Å²) in [7, 11) is 0. The van der Waals surface area contributed by atoms with Crippen LogP contribution in [0.25, 0.3) is 5.57 Å². The van der Waals surface area contributed by atoms with Gasteiger partial charge in [0, 0.05) is 11.1 Å². The lowest BCUT2D eigenvalue weighted by Gasteiger charge is -2.15. The first-order valence-electron chi connectivity index (χ1n) is 5.22. The molecule has 1 fully saturated rings. The zero-order valence-corrected chi connectivity index (χ0v) is 8.77. The summed E-state index contributed by atoms with van der Waals surface area (Å²) in [4.78, 5) is 12.0. The van der Waals surface area contributed by atoms with Crippen molar-refractivity contribution in [3.8, 4) is 12.1 Å². The Morgan fingerprint density at radius 3 is 2.41 bits per heavy atom. The first-order chi connectivity index (χ1) is 8.27. The SMILES string of the molecule is N#CC(C#N)=C1c2ccccc2C(=O)C2NC12. The molecule has 2 aliphatic rings. The van der Waals surface area contributed by atoms with Gasteiger partial charge in [0.2, 0.25) is 0 Å². The van der Waals surface area contributed by atoms with Crippen LogP contribution in [0.15, 0.2) is 29.8 Å². The number of carbonyl (C=O) groups excluding carboxylic acids is 1. The fraction of sp³-hybridized carbons (Fsp3) is 0.154. The molecule has 0 amide bonds. The standard InChI is InChI=1S/C13H7N3O/c14-5-7(6-15)10-8-3-1-2-4-9(8)13(17)12-11(10)16-12/h1-4,11-12,16H. The van der Waals surface area contributed by atoms with Crippen molar-refractivity contribution in [1.82, 2.24) is 5.32 Å². The second-order valence-electron chi connectivity index (χ2n) is 4.04. The van der Waals surface area contributed by atoms with Crippen LogP contribution in [0.4, 0.5) is 0 Å². The lowest BCUT2D eigenvalue weighted by molar-refractivity contribution is 0.0987. The van der Waals surface area contributed by atoms with E-state index in [2.05, 4.69) is 5.32 Å². The van der Waals surface area contributed by atoms with Crippen molar-refractivity contribution >= 4 is 11.4 Å². The maximum absolute atomic E-state index is 12.0. The van der Waals surface area contributed by atoms with Crippen LogP contribution in [0.3, 0.4) is 0 Å². The number of allylic oxidation sites excluding steroid dienone is 1. The minimum atomic E-state index is -0.253. The Kier molecular flexibility index (Phi) is 1.89. The predicted molar refractivity (Wildman–Crippen MR) is 59.6 cm³/mol. The van der Waals surface area contributed by atoms with Gasteiger partial charge in [-0.2, -0.15) is 10.5 Å². The largest absolute Gasteiger partial charge is 0.297 e. The number of hydrogen-bond donors (Lipinski definition) is 1. The molecule has 0 bridgehead atoms. The molecule has 3 rings (SSSR count). The molecule has 1 aromatic rings. The molecule has 0 aromatic heterocycles. The fourth-order valence-corrected chi connectivity index (χ4v) is 2.32. The Labute approximate surface area is 97.8 Å². The van der Waals surface area contributed by atoms with Gasteiger partial charge in [-0.05, 0) is 5.56 Å². The number of carbonyl (C=O) groups is 1. The summed E-state index contributed by atoms with van der Waals surface area (Å²) in [5.74, 6) is 0.0459. The van der Waals surface area contributed by atoms with Crippen LogP contribution in [0.2, 0.25) is 0 Å². The first kappa shape index (κ1) is 9.77. The molecule has 4 nitrogen and oxygen atoms in total. The molecule has 1 saturated heterocycles. The summed E-state index contributed by atoms with van der Waals surface area (Å²) in [6.45, 7) is 0. The number of nitrogens with zero attached hydrogens (tertiary/aromatic N) is 2. The van der Waals surface area contributed by atoms with Crippen LogP contribution in [0.5, 0.6) is 0 Å². The molecule has 2 atom stereocenters. The number of nitriles is 2. The summed E-state index contributed by atoms with van der Waals surface area (Å²) in [5.41, 5.74) is 2.05. The molecule has 17 heavy (non-hydrogen) atoms. The van der Waals surface area contributed by atoms with E-state index in [4.69, 9.17) is 10.5 Å². The van der Waals surface area contributed by atoms with E-state index in [1.165, 1.54) is 0 Å². The van der Waals surface area contributed by atoms with E-state index in [1.807, 2.05) is 12.1 Å². The van der Waals surface area contributed by atoms with Crippen molar-refractivity contribution < 1.29 is 4.79 Å². The van der Waals surface area contributed by atoms with Crippen molar-refractivity contribution in [1.29, 1.82) is 10.5 Å². The number of Topliss-reactive ketones (excluding diaryl/α,β-unsaturated/α-hetero) is 1. The summed E-state index contributed by atoms with van der Waals surface area (Å²) >= 11 is 0. The van der Waals surface area contributed by atoms with Gasteiger partial charge in [-0.15, -0.1) is 0 Å². The van der Waals surface area contributed by atoms with Gasteiger partial charge in [-0.1, -0.05) is 24.3 Å². The Morgan fingerprint density at radius 1 is 1.12 bits per heavy atom. The van der Waals surface area contributed by atoms with Crippen LogP contribution < -0.4 is 5.32 Å². The second-order valence-corrected chi connectivity index (χ2v) is 4.04. The highest BCUT2D eigenvalue weighted by atomic mass is 16.1. The predicted octanol–water partition coefficient (Wildman–Crippen LogP) is 1.02. The maximum Gasteiger partial charge on any atom is 0.182 e. The third kappa shape index (κ3) is 1.22. The molecular formula is C13H7N3O. The Balaban J connectivity index is 2.31. The molecule has 1 aliphatic carbocycles. The van der Waals surface area contributed by atoms with Crippen molar-refractivity contribution in [2.75, 3.05) is 0 Å². The average molecular weight is 221 g/mol. The third-order valence-electron chi connectivity index (χ3n) is 3.15. The molecular weight excluding hydrogens is 214 g/mol. The van der Waals surface area contributed by atoms with Gasteiger partial charge in [0.25, 0.3) is 0 Å². The second kappa shape index (κ2) is 3.28. The van der Waals surface area contributed by atoms with Crippen molar-refractivity contribution in [2.45, 2.75) is 12.1 Å². The van der Waals surface area contributed by atoms with E-state index < -0.39 is 0 Å². The molecule has 0 spiro atoms. The minimum absolute atomic E-state index is 0.0459. The molecule has 2 unspecified atom stereocenters. The summed E-state index contributed by atoms with van der Waals surface area (Å²) < 4.78 is 0. The zero-order valence-electron chi connectivity index (χ0n) is 8.77. The normalized spacial score (nSPS) is 24.1. The molecule has 80 valence electrons. The van der Waals surface area contributed by atoms with Crippen molar-refractivity contribution in [3.05, 3.63) is 41.0 Å². The number of hydrogen-bond acceptors (Lipinski definition) is 4. The third-order valence-corrected chi connectivity index (χ3v) is 3.15. The van der Waals surface area contributed by atoms with E-state index in [9.17, 15) is 4.79 Å². The Hall–Kier alpha value is -2.43. The van der Waals surface area contributed by atoms with Gasteiger partial charge < -0.3 is 0 Å². The summed E-state index contributed by atoms with van der Waals surface area (Å²) in [5, 5.41) is 20.9. The number of rotatable bonds is 0. The van der Waals surface area contributed by atoms with Gasteiger partial charge in [0.1, 0.15) is 17.7 Å². The average Bonchev–Trinajstić information content (AvgIpc) is 3.15. The molecule has 1 heterocycles. The molecule has 1 aromatic carbocycles. The summed E-state index contributed by atoms with van der Waals surface area (Å²) in [6, 6.07) is 10.5. The molecule has 1 N–H and O–H groups in total. The van der Waals surface area contributed by atoms with E-state index >= 15 is 0 Å². The van der Waals surface area contributed by atoms with Gasteiger partial charge in [-0.25, -0.2) is 0 Å². The van der Waals surface area contributed by atoms with Gasteiger partial charge >= 0.3 is 0 Å². The van der Waals surface area contributed by atoms with Crippen LogP contribution in [-0.2, 0) is 0 Å². The first-order valence-corrected chi connectivity index (χ1v) is 5.22. The fourth-order valence-electron chi connectivity index (χ4n) is 2.32. The molecule has 0 radical (unpaired) electrons. The van der Waals surface area contributed by atoms with E-state index in [0.717, 1.165) is 0 Å². The summed E-state index contributed by atoms with van der Waals surface area (Å²) in [6.07, 6.45) is 0. The molecule has 0 saturated carbocycles. The number of nitrogens with one attached hydrogen (secondary N) is 1. The van der Waals surface area contributed by atoms with Crippen LogP contribution >= 0.6 is 0 Å². The quantitative estimate of drug-likeness (QED) is 0.523. The van der Waals surface area contributed by atoms with Gasteiger partial charge in [-0.3, -0.25) is 10.1 Å².